The van der Waals surface area contributed by atoms with Gasteiger partial charge in [-0.1, -0.05) is 32.4 Å². The van der Waals surface area contributed by atoms with Crippen LogP contribution in [0, 0.1) is 34.0 Å². The fourth-order valence-electron chi connectivity index (χ4n) is 9.54. The molecule has 8 rings (SSSR count). The number of fused-ring (bicyclic) bond motifs is 5. The van der Waals surface area contributed by atoms with E-state index in [4.69, 9.17) is 18.6 Å². The van der Waals surface area contributed by atoms with Crippen molar-refractivity contribution in [3.63, 3.8) is 0 Å². The minimum atomic E-state index is -0.457. The molecule has 6 heteroatoms. The van der Waals surface area contributed by atoms with Crippen LogP contribution in [0.2, 0.25) is 0 Å². The van der Waals surface area contributed by atoms with Crippen LogP contribution in [0.25, 0.3) is 0 Å². The average molecular weight is 517 g/mol. The molecule has 4 aliphatic heterocycles. The first-order chi connectivity index (χ1) is 16.8. The van der Waals surface area contributed by atoms with Crippen molar-refractivity contribution in [2.75, 3.05) is 25.2 Å². The highest BCUT2D eigenvalue weighted by atomic mass is 32.2. The normalized spacial score (nSPS) is 47.5. The Morgan fingerprint density at radius 1 is 1.06 bits per heavy atom. The molecule has 7 aliphatic rings. The van der Waals surface area contributed by atoms with E-state index in [-0.39, 0.29) is 26.6 Å². The number of hydrogen-bond donors (Lipinski definition) is 0. The van der Waals surface area contributed by atoms with Crippen LogP contribution >= 0.6 is 23.5 Å². The number of methoxy groups -OCH3 is 1. The molecule has 35 heavy (non-hydrogen) atoms. The van der Waals surface area contributed by atoms with E-state index in [1.165, 1.54) is 55.6 Å². The molecule has 1 aromatic heterocycles. The first kappa shape index (κ1) is 23.7. The van der Waals surface area contributed by atoms with Crippen molar-refractivity contribution in [3.8, 4) is 0 Å². The zero-order valence-corrected chi connectivity index (χ0v) is 23.3. The fraction of sp³-hybridized carbons (Fsp3) is 0.793. The number of furan rings is 1. The third kappa shape index (κ3) is 3.01. The molecule has 1 aromatic rings. The number of hydrogen-bond acceptors (Lipinski definition) is 6. The van der Waals surface area contributed by atoms with E-state index in [9.17, 15) is 0 Å². The van der Waals surface area contributed by atoms with E-state index < -0.39 is 5.79 Å². The Bertz CT molecular complexity index is 1000. The van der Waals surface area contributed by atoms with E-state index in [1.54, 1.807) is 5.57 Å². The van der Waals surface area contributed by atoms with Crippen molar-refractivity contribution in [2.24, 2.45) is 34.0 Å². The molecule has 6 fully saturated rings. The van der Waals surface area contributed by atoms with Crippen LogP contribution in [0.1, 0.15) is 77.4 Å². The van der Waals surface area contributed by atoms with Gasteiger partial charge in [0, 0.05) is 35.3 Å². The molecular formula is C29H40O4S2. The van der Waals surface area contributed by atoms with Gasteiger partial charge in [-0.3, -0.25) is 0 Å². The number of rotatable bonds is 2. The number of allylic oxidation sites excluding steroid dienone is 1. The highest BCUT2D eigenvalue weighted by molar-refractivity contribution is 8.18. The monoisotopic (exact) mass is 516 g/mol. The zero-order valence-electron chi connectivity index (χ0n) is 21.6. The molecule has 192 valence electrons. The van der Waals surface area contributed by atoms with E-state index in [0.29, 0.717) is 17.8 Å². The van der Waals surface area contributed by atoms with E-state index >= 15 is 0 Å². The second-order valence-electron chi connectivity index (χ2n) is 12.8. The van der Waals surface area contributed by atoms with Crippen molar-refractivity contribution >= 4 is 23.5 Å². The Labute approximate surface area is 218 Å². The second kappa shape index (κ2) is 7.81. The summed E-state index contributed by atoms with van der Waals surface area (Å²) >= 11 is 4.14. The van der Waals surface area contributed by atoms with E-state index in [1.807, 2.05) is 19.6 Å². The van der Waals surface area contributed by atoms with Gasteiger partial charge in [-0.05, 0) is 73.9 Å². The van der Waals surface area contributed by atoms with Gasteiger partial charge in [-0.2, -0.15) is 0 Å². The SMILES string of the molecule is CO[C@@]12CC[C@@]3(CO1)C(=CC[C@@H]1[C@@H]3CC[C@@]3(C)[C@@H](c4ccoc4)OC4(C[C@@H]13)SCCCS4)C2(C)C. The fourth-order valence-corrected chi connectivity index (χ4v) is 12.7. The molecule has 0 amide bonds. The van der Waals surface area contributed by atoms with Crippen LogP contribution in [-0.4, -0.2) is 35.3 Å². The minimum Gasteiger partial charge on any atom is -0.472 e. The summed E-state index contributed by atoms with van der Waals surface area (Å²) in [5.41, 5.74) is 3.11. The van der Waals surface area contributed by atoms with Crippen LogP contribution in [0.4, 0.5) is 0 Å². The van der Waals surface area contributed by atoms with Gasteiger partial charge in [0.2, 0.25) is 0 Å². The summed E-state index contributed by atoms with van der Waals surface area (Å²) in [7, 11) is 1.84. The van der Waals surface area contributed by atoms with Gasteiger partial charge >= 0.3 is 0 Å². The lowest BCUT2D eigenvalue weighted by Crippen LogP contribution is -2.68. The Balaban J connectivity index is 1.31. The van der Waals surface area contributed by atoms with Gasteiger partial charge in [0.05, 0.1) is 25.2 Å². The standard InChI is InChI=1S/C29H40O4S2/c1-25(2)23-7-6-20-21(27(23)11-12-28(25,30-4)32-18-27)8-10-26(3)22(20)16-29(34-14-5-15-35-29)33-24(26)19-9-13-31-17-19/h7,9,13,17,20-22,24H,5-6,8,10-12,14-16,18H2,1-4H3/t20-,21+,22+,24-,26-,27+,28+/m1/s1. The largest absolute Gasteiger partial charge is 0.472 e. The summed E-state index contributed by atoms with van der Waals surface area (Å²) in [6.45, 7) is 8.11. The summed E-state index contributed by atoms with van der Waals surface area (Å²) < 4.78 is 25.4. The summed E-state index contributed by atoms with van der Waals surface area (Å²) in [5, 5.41) is 0. The molecule has 2 saturated carbocycles. The summed E-state index contributed by atoms with van der Waals surface area (Å²) in [5.74, 6) is 3.97. The maximum absolute atomic E-state index is 7.15. The van der Waals surface area contributed by atoms with Gasteiger partial charge < -0.3 is 18.6 Å². The van der Waals surface area contributed by atoms with Gasteiger partial charge in [0.25, 0.3) is 0 Å². The molecule has 0 radical (unpaired) electrons. The van der Waals surface area contributed by atoms with Crippen molar-refractivity contribution in [2.45, 2.75) is 81.9 Å². The predicted molar refractivity (Wildman–Crippen MR) is 141 cm³/mol. The van der Waals surface area contributed by atoms with Crippen molar-refractivity contribution in [3.05, 3.63) is 35.8 Å². The first-order valence-electron chi connectivity index (χ1n) is 13.7. The molecule has 2 spiro atoms. The van der Waals surface area contributed by atoms with Crippen LogP contribution < -0.4 is 0 Å². The number of ether oxygens (including phenoxy) is 3. The number of thioether (sulfide) groups is 2. The van der Waals surface area contributed by atoms with Crippen molar-refractivity contribution in [1.82, 2.24) is 0 Å². The Morgan fingerprint density at radius 2 is 1.89 bits per heavy atom. The molecule has 3 aliphatic carbocycles. The molecule has 5 heterocycles. The summed E-state index contributed by atoms with van der Waals surface area (Å²) in [6.07, 6.45) is 14.9. The lowest BCUT2D eigenvalue weighted by Gasteiger charge is -2.69. The van der Waals surface area contributed by atoms with Crippen LogP contribution in [0.15, 0.2) is 34.7 Å². The van der Waals surface area contributed by atoms with Gasteiger partial charge in [0.1, 0.15) is 0 Å². The quantitative estimate of drug-likeness (QED) is 0.381. The predicted octanol–water partition coefficient (Wildman–Crippen LogP) is 7.42. The molecule has 2 bridgehead atoms. The third-order valence-corrected chi connectivity index (χ3v) is 14.4. The van der Waals surface area contributed by atoms with Gasteiger partial charge in [0.15, 0.2) is 10.1 Å². The second-order valence-corrected chi connectivity index (χ2v) is 15.8. The Morgan fingerprint density at radius 3 is 2.57 bits per heavy atom. The van der Waals surface area contributed by atoms with E-state index in [2.05, 4.69) is 56.4 Å². The smallest absolute Gasteiger partial charge is 0.176 e. The summed E-state index contributed by atoms with van der Waals surface area (Å²) in [6, 6.07) is 2.15. The first-order valence-corrected chi connectivity index (χ1v) is 15.6. The highest BCUT2D eigenvalue weighted by Gasteiger charge is 2.70. The zero-order chi connectivity index (χ0) is 24.1. The molecule has 0 unspecified atom stereocenters. The molecule has 4 saturated heterocycles. The molecule has 7 atom stereocenters. The molecule has 0 N–H and O–H groups in total. The van der Waals surface area contributed by atoms with Crippen LogP contribution in [-0.2, 0) is 14.2 Å². The van der Waals surface area contributed by atoms with E-state index in [0.717, 1.165) is 13.0 Å². The van der Waals surface area contributed by atoms with Crippen LogP contribution in [0.5, 0.6) is 0 Å². The maximum atomic E-state index is 7.15. The molecule has 4 nitrogen and oxygen atoms in total. The van der Waals surface area contributed by atoms with Gasteiger partial charge in [-0.15, -0.1) is 23.5 Å². The van der Waals surface area contributed by atoms with Crippen LogP contribution in [0.3, 0.4) is 0 Å². The van der Waals surface area contributed by atoms with Gasteiger partial charge in [-0.25, -0.2) is 0 Å². The highest BCUT2D eigenvalue weighted by Crippen LogP contribution is 2.73. The van der Waals surface area contributed by atoms with Crippen molar-refractivity contribution in [1.29, 1.82) is 0 Å². The summed E-state index contributed by atoms with van der Waals surface area (Å²) in [4.78, 5) is 0. The Kier molecular flexibility index (Phi) is 5.29. The third-order valence-electron chi connectivity index (χ3n) is 11.3. The maximum Gasteiger partial charge on any atom is 0.176 e. The lowest BCUT2D eigenvalue weighted by molar-refractivity contribution is -0.346. The topological polar surface area (TPSA) is 40.8 Å². The molecule has 0 aromatic carbocycles. The minimum absolute atomic E-state index is 0.0741. The lowest BCUT2D eigenvalue weighted by atomic mass is 9.41. The Hall–Kier alpha value is -0.400. The average Bonchev–Trinajstić information content (AvgIpc) is 3.40. The van der Waals surface area contributed by atoms with Crippen molar-refractivity contribution < 1.29 is 18.6 Å². The molecular weight excluding hydrogens is 476 g/mol.